The first-order valence-corrected chi connectivity index (χ1v) is 12.1. The highest BCUT2D eigenvalue weighted by molar-refractivity contribution is 5.88. The fourth-order valence-electron chi connectivity index (χ4n) is 4.21. The van der Waals surface area contributed by atoms with Gasteiger partial charge in [-0.3, -0.25) is 14.7 Å². The van der Waals surface area contributed by atoms with Gasteiger partial charge in [-0.25, -0.2) is 4.79 Å². The van der Waals surface area contributed by atoms with E-state index in [-0.39, 0.29) is 11.9 Å². The number of amides is 1. The Morgan fingerprint density at radius 3 is 2.40 bits per heavy atom. The van der Waals surface area contributed by atoms with Gasteiger partial charge in [0.15, 0.2) is 5.96 Å². The summed E-state index contributed by atoms with van der Waals surface area (Å²) in [5.74, 6) is -0.644. The van der Waals surface area contributed by atoms with Crippen LogP contribution in [0.25, 0.3) is 0 Å². The Labute approximate surface area is 207 Å². The molecular weight excluding hydrogens is 442 g/mol. The molecule has 1 heterocycles. The topological polar surface area (TPSA) is 123 Å². The van der Waals surface area contributed by atoms with Gasteiger partial charge in [-0.2, -0.15) is 0 Å². The molecule has 8 heteroatoms. The van der Waals surface area contributed by atoms with Gasteiger partial charge >= 0.3 is 5.97 Å². The van der Waals surface area contributed by atoms with Crippen LogP contribution in [0.1, 0.15) is 50.3 Å². The van der Waals surface area contributed by atoms with E-state index in [4.69, 9.17) is 16.2 Å². The Morgan fingerprint density at radius 2 is 1.74 bits per heavy atom. The first-order valence-electron chi connectivity index (χ1n) is 12.1. The molecule has 3 rings (SSSR count). The molecule has 2 aromatic rings. The molecule has 5 N–H and O–H groups in total. The second-order valence-electron chi connectivity index (χ2n) is 9.92. The number of ether oxygens (including phenoxy) is 1. The summed E-state index contributed by atoms with van der Waals surface area (Å²) in [5, 5.41) is 2.98. The van der Waals surface area contributed by atoms with Gasteiger partial charge in [0, 0.05) is 19.6 Å². The van der Waals surface area contributed by atoms with Crippen LogP contribution in [0.15, 0.2) is 59.6 Å². The van der Waals surface area contributed by atoms with Gasteiger partial charge in [-0.15, -0.1) is 0 Å². The molecule has 0 saturated heterocycles. The van der Waals surface area contributed by atoms with Gasteiger partial charge in [-0.1, -0.05) is 54.6 Å². The minimum Gasteiger partial charge on any atom is -0.458 e. The van der Waals surface area contributed by atoms with E-state index < -0.39 is 23.7 Å². The average molecular weight is 480 g/mol. The summed E-state index contributed by atoms with van der Waals surface area (Å²) in [6.07, 6.45) is 1.48. The summed E-state index contributed by atoms with van der Waals surface area (Å²) in [5.41, 5.74) is 13.7. The maximum absolute atomic E-state index is 13.6. The van der Waals surface area contributed by atoms with Crippen LogP contribution >= 0.6 is 0 Å². The number of guanidine groups is 1. The molecule has 1 aliphatic rings. The van der Waals surface area contributed by atoms with E-state index in [0.29, 0.717) is 38.9 Å². The smallest absolute Gasteiger partial charge is 0.329 e. The van der Waals surface area contributed by atoms with E-state index in [2.05, 4.69) is 39.5 Å². The molecule has 2 atom stereocenters. The lowest BCUT2D eigenvalue weighted by Gasteiger charge is -2.37. The van der Waals surface area contributed by atoms with Crippen molar-refractivity contribution in [1.29, 1.82) is 0 Å². The quantitative estimate of drug-likeness (QED) is 0.220. The largest absolute Gasteiger partial charge is 0.458 e. The van der Waals surface area contributed by atoms with Crippen molar-refractivity contribution in [3.63, 3.8) is 0 Å². The van der Waals surface area contributed by atoms with E-state index in [1.165, 1.54) is 5.56 Å². The molecule has 35 heavy (non-hydrogen) atoms. The summed E-state index contributed by atoms with van der Waals surface area (Å²) >= 11 is 0. The fraction of sp³-hybridized carbons (Fsp3) is 0.444. The van der Waals surface area contributed by atoms with Crippen molar-refractivity contribution < 1.29 is 14.3 Å². The van der Waals surface area contributed by atoms with Gasteiger partial charge in [0.05, 0.1) is 6.04 Å². The zero-order valence-corrected chi connectivity index (χ0v) is 20.9. The van der Waals surface area contributed by atoms with Crippen molar-refractivity contribution in [1.82, 2.24) is 10.2 Å². The van der Waals surface area contributed by atoms with Gasteiger partial charge in [-0.05, 0) is 56.7 Å². The van der Waals surface area contributed by atoms with Gasteiger partial charge < -0.3 is 21.5 Å². The third-order valence-corrected chi connectivity index (χ3v) is 5.83. The summed E-state index contributed by atoms with van der Waals surface area (Å²) in [6, 6.07) is 17.1. The third kappa shape index (κ3) is 8.10. The van der Waals surface area contributed by atoms with E-state index in [1.54, 1.807) is 0 Å². The third-order valence-electron chi connectivity index (χ3n) is 5.83. The molecule has 188 valence electrons. The van der Waals surface area contributed by atoms with Crippen LogP contribution in [0.2, 0.25) is 0 Å². The fourth-order valence-corrected chi connectivity index (χ4v) is 4.21. The van der Waals surface area contributed by atoms with Crippen molar-refractivity contribution in [2.75, 3.05) is 6.54 Å². The molecule has 2 aromatic carbocycles. The number of aliphatic imine (C=N–C) groups is 1. The van der Waals surface area contributed by atoms with Crippen molar-refractivity contribution in [2.24, 2.45) is 16.5 Å². The van der Waals surface area contributed by atoms with E-state index in [1.807, 2.05) is 51.1 Å². The van der Waals surface area contributed by atoms with E-state index in [0.717, 1.165) is 11.1 Å². The van der Waals surface area contributed by atoms with Crippen molar-refractivity contribution in [3.05, 3.63) is 71.3 Å². The second kappa shape index (κ2) is 11.8. The number of hydrogen-bond donors (Lipinski definition) is 3. The summed E-state index contributed by atoms with van der Waals surface area (Å²) in [7, 11) is 0. The number of benzene rings is 2. The SMILES string of the molecule is CC(C)(C)OC(=O)C(CCCN=C(N)N)NC(=O)C1Cc2ccccc2CN1Cc1ccccc1. The highest BCUT2D eigenvalue weighted by Gasteiger charge is 2.34. The van der Waals surface area contributed by atoms with Crippen LogP contribution in [0, 0.1) is 0 Å². The van der Waals surface area contributed by atoms with Crippen LogP contribution < -0.4 is 16.8 Å². The monoisotopic (exact) mass is 479 g/mol. The molecule has 0 saturated carbocycles. The number of rotatable bonds is 9. The number of carbonyl (C=O) groups excluding carboxylic acids is 2. The zero-order valence-electron chi connectivity index (χ0n) is 20.9. The number of nitrogens with two attached hydrogens (primary N) is 2. The Bertz CT molecular complexity index is 1030. The minimum atomic E-state index is -0.785. The summed E-state index contributed by atoms with van der Waals surface area (Å²) in [6.45, 7) is 7.09. The van der Waals surface area contributed by atoms with Gasteiger partial charge in [0.25, 0.3) is 0 Å². The lowest BCUT2D eigenvalue weighted by atomic mass is 9.92. The molecule has 0 aliphatic carbocycles. The van der Waals surface area contributed by atoms with E-state index >= 15 is 0 Å². The molecule has 0 aromatic heterocycles. The lowest BCUT2D eigenvalue weighted by molar-refractivity contribution is -0.159. The number of esters is 1. The molecule has 8 nitrogen and oxygen atoms in total. The standard InChI is InChI=1S/C27H37N5O3/c1-27(2,3)35-25(34)22(14-9-15-30-26(28)29)31-24(33)23-16-20-12-7-8-13-21(20)18-32(23)17-19-10-5-4-6-11-19/h4-8,10-13,22-23H,9,14-18H2,1-3H3,(H,31,33)(H4,28,29,30). The minimum absolute atomic E-state index is 0.000258. The molecule has 0 bridgehead atoms. The van der Waals surface area contributed by atoms with Gasteiger partial charge in [0.2, 0.25) is 5.91 Å². The zero-order chi connectivity index (χ0) is 25.4. The predicted molar refractivity (Wildman–Crippen MR) is 137 cm³/mol. The maximum Gasteiger partial charge on any atom is 0.329 e. The molecule has 1 aliphatic heterocycles. The molecule has 2 unspecified atom stereocenters. The van der Waals surface area contributed by atoms with Crippen LogP contribution in [0.5, 0.6) is 0 Å². The lowest BCUT2D eigenvalue weighted by Crippen LogP contribution is -2.54. The van der Waals surface area contributed by atoms with Gasteiger partial charge in [0.1, 0.15) is 11.6 Å². The Kier molecular flexibility index (Phi) is 8.87. The summed E-state index contributed by atoms with van der Waals surface area (Å²) < 4.78 is 5.59. The molecule has 0 fully saturated rings. The average Bonchev–Trinajstić information content (AvgIpc) is 2.79. The van der Waals surface area contributed by atoms with Crippen molar-refractivity contribution in [3.8, 4) is 0 Å². The Hall–Kier alpha value is -3.39. The second-order valence-corrected chi connectivity index (χ2v) is 9.92. The van der Waals surface area contributed by atoms with Crippen LogP contribution in [0.3, 0.4) is 0 Å². The predicted octanol–water partition coefficient (Wildman–Crippen LogP) is 2.49. The van der Waals surface area contributed by atoms with Crippen LogP contribution in [-0.2, 0) is 33.8 Å². The van der Waals surface area contributed by atoms with Crippen LogP contribution in [0.4, 0.5) is 0 Å². The van der Waals surface area contributed by atoms with Crippen molar-refractivity contribution >= 4 is 17.8 Å². The molecule has 0 radical (unpaired) electrons. The highest BCUT2D eigenvalue weighted by atomic mass is 16.6. The van der Waals surface area contributed by atoms with E-state index in [9.17, 15) is 9.59 Å². The normalized spacial score (nSPS) is 16.6. The number of nitrogens with one attached hydrogen (secondary N) is 1. The number of nitrogens with zero attached hydrogens (tertiary/aromatic N) is 2. The summed E-state index contributed by atoms with van der Waals surface area (Å²) in [4.78, 5) is 32.7. The molecule has 0 spiro atoms. The van der Waals surface area contributed by atoms with Crippen LogP contribution in [-0.4, -0.2) is 47.0 Å². The highest BCUT2D eigenvalue weighted by Crippen LogP contribution is 2.25. The Morgan fingerprint density at radius 1 is 1.09 bits per heavy atom. The number of hydrogen-bond acceptors (Lipinski definition) is 5. The number of fused-ring (bicyclic) bond motifs is 1. The first-order chi connectivity index (χ1) is 16.6. The molecule has 1 amide bonds. The maximum atomic E-state index is 13.6. The Balaban J connectivity index is 1.78. The first kappa shape index (κ1) is 26.2. The molecular formula is C27H37N5O3. The van der Waals surface area contributed by atoms with Crippen molar-refractivity contribution in [2.45, 2.75) is 70.8 Å². The number of carbonyl (C=O) groups is 2.